The minimum atomic E-state index is -1.08. The highest BCUT2D eigenvalue weighted by molar-refractivity contribution is 5.75. The lowest BCUT2D eigenvalue weighted by Crippen LogP contribution is -2.07. The highest BCUT2D eigenvalue weighted by Crippen LogP contribution is 1.86. The lowest BCUT2D eigenvalue weighted by atomic mass is 10.3. The van der Waals surface area contributed by atoms with Crippen molar-refractivity contribution in [3.05, 3.63) is 0 Å². The summed E-state index contributed by atoms with van der Waals surface area (Å²) >= 11 is 0. The van der Waals surface area contributed by atoms with Crippen LogP contribution in [0.3, 0.4) is 0 Å². The van der Waals surface area contributed by atoms with Crippen molar-refractivity contribution in [1.82, 2.24) is 0 Å². The van der Waals surface area contributed by atoms with E-state index in [0.29, 0.717) is 6.61 Å². The van der Waals surface area contributed by atoms with Crippen molar-refractivity contribution in [3.8, 4) is 0 Å². The molecule has 0 aliphatic rings. The Hall–Kier alpha value is -1.67. The molecule has 4 N–H and O–H groups in total. The van der Waals surface area contributed by atoms with E-state index in [0.717, 1.165) is 6.92 Å². The number of ether oxygens (including phenoxy) is 1. The Labute approximate surface area is 105 Å². The third kappa shape index (κ3) is 63.5. The van der Waals surface area contributed by atoms with Gasteiger partial charge in [-0.1, -0.05) is 0 Å². The second kappa shape index (κ2) is 15.3. The standard InChI is InChI=1S/C4H6O4.C4H10O2.C2H4O2/c5-3(6)1-2-4(7)8;1-4(5)3-6-2;1-2(3)4/h1-2H2,(H,5,6)(H,7,8);4-5H,3H2,1-2H3;1H3,(H,3,4). The number of rotatable bonds is 5. The molecule has 0 amide bonds. The first-order valence-electron chi connectivity index (χ1n) is 4.93. The molecule has 0 spiro atoms. The van der Waals surface area contributed by atoms with Crippen LogP contribution in [0.25, 0.3) is 0 Å². The van der Waals surface area contributed by atoms with Gasteiger partial charge in [-0.15, -0.1) is 0 Å². The Morgan fingerprint density at radius 1 is 1.06 bits per heavy atom. The van der Waals surface area contributed by atoms with Crippen molar-refractivity contribution in [2.24, 2.45) is 0 Å². The van der Waals surface area contributed by atoms with Crippen molar-refractivity contribution in [1.29, 1.82) is 0 Å². The van der Waals surface area contributed by atoms with E-state index in [-0.39, 0.29) is 18.9 Å². The van der Waals surface area contributed by atoms with E-state index in [1.165, 1.54) is 0 Å². The summed E-state index contributed by atoms with van der Waals surface area (Å²) in [4.78, 5) is 28.3. The van der Waals surface area contributed by atoms with Crippen molar-refractivity contribution in [2.75, 3.05) is 13.7 Å². The number of methoxy groups -OCH3 is 1. The topological polar surface area (TPSA) is 141 Å². The molecular formula is C10H20O8. The van der Waals surface area contributed by atoms with Crippen LogP contribution < -0.4 is 0 Å². The smallest absolute Gasteiger partial charge is 0.303 e. The third-order valence-corrected chi connectivity index (χ3v) is 0.961. The van der Waals surface area contributed by atoms with Crippen LogP contribution in [-0.2, 0) is 19.1 Å². The summed E-state index contributed by atoms with van der Waals surface area (Å²) in [5.41, 5.74) is 0. The largest absolute Gasteiger partial charge is 0.481 e. The first-order chi connectivity index (χ1) is 8.13. The van der Waals surface area contributed by atoms with Crippen LogP contribution in [0.2, 0.25) is 0 Å². The number of aliphatic carboxylic acids is 3. The molecule has 18 heavy (non-hydrogen) atoms. The Bertz CT molecular complexity index is 218. The molecule has 0 saturated carbocycles. The van der Waals surface area contributed by atoms with Crippen molar-refractivity contribution in [3.63, 3.8) is 0 Å². The second-order valence-corrected chi connectivity index (χ2v) is 3.11. The number of carbonyl (C=O) groups is 3. The molecule has 0 heterocycles. The maximum absolute atomic E-state index is 9.64. The van der Waals surface area contributed by atoms with Crippen LogP contribution in [0.4, 0.5) is 0 Å². The fourth-order valence-electron chi connectivity index (χ4n) is 0.455. The van der Waals surface area contributed by atoms with Crippen LogP contribution >= 0.6 is 0 Å². The quantitative estimate of drug-likeness (QED) is 0.547. The molecule has 8 heteroatoms. The first kappa shape index (κ1) is 21.6. The highest BCUT2D eigenvalue weighted by atomic mass is 16.5. The summed E-state index contributed by atoms with van der Waals surface area (Å²) in [5, 5.41) is 31.6. The predicted octanol–water partition coefficient (Wildman–Crippen LogP) is 0.0403. The van der Waals surface area contributed by atoms with Gasteiger partial charge < -0.3 is 25.2 Å². The number of carboxylic acids is 3. The number of hydrogen-bond acceptors (Lipinski definition) is 5. The summed E-state index contributed by atoms with van der Waals surface area (Å²) in [6.07, 6.45) is -0.917. The monoisotopic (exact) mass is 268 g/mol. The van der Waals surface area contributed by atoms with Gasteiger partial charge >= 0.3 is 11.9 Å². The lowest BCUT2D eigenvalue weighted by Gasteiger charge is -1.97. The Kier molecular flexibility index (Phi) is 18.4. The summed E-state index contributed by atoms with van der Waals surface area (Å²) < 4.78 is 4.55. The van der Waals surface area contributed by atoms with Gasteiger partial charge in [0.2, 0.25) is 0 Å². The summed E-state index contributed by atoms with van der Waals surface area (Å²) in [6, 6.07) is 0. The molecule has 108 valence electrons. The number of hydrogen-bond donors (Lipinski definition) is 4. The Morgan fingerprint density at radius 2 is 1.33 bits per heavy atom. The molecule has 0 fully saturated rings. The van der Waals surface area contributed by atoms with E-state index < -0.39 is 17.9 Å². The summed E-state index contributed by atoms with van der Waals surface area (Å²) in [5.74, 6) is -2.99. The lowest BCUT2D eigenvalue weighted by molar-refractivity contribution is -0.143. The van der Waals surface area contributed by atoms with E-state index in [1.807, 2.05) is 0 Å². The molecule has 1 atom stereocenters. The van der Waals surface area contributed by atoms with Gasteiger partial charge in [0.25, 0.3) is 5.97 Å². The molecule has 1 unspecified atom stereocenters. The number of aliphatic hydroxyl groups is 1. The first-order valence-corrected chi connectivity index (χ1v) is 4.93. The van der Waals surface area contributed by atoms with Crippen LogP contribution in [-0.4, -0.2) is 58.2 Å². The van der Waals surface area contributed by atoms with Crippen LogP contribution in [0, 0.1) is 0 Å². The van der Waals surface area contributed by atoms with Crippen molar-refractivity contribution in [2.45, 2.75) is 32.8 Å². The van der Waals surface area contributed by atoms with E-state index in [2.05, 4.69) is 4.74 Å². The number of carboxylic acid groups (broad SMARTS) is 3. The zero-order valence-electron chi connectivity index (χ0n) is 10.6. The molecule has 0 aromatic carbocycles. The second-order valence-electron chi connectivity index (χ2n) is 3.11. The molecule has 0 rings (SSSR count). The van der Waals surface area contributed by atoms with Crippen molar-refractivity contribution < 1.29 is 39.5 Å². The van der Waals surface area contributed by atoms with Gasteiger partial charge in [0.05, 0.1) is 25.6 Å². The highest BCUT2D eigenvalue weighted by Gasteiger charge is 2.00. The van der Waals surface area contributed by atoms with Gasteiger partial charge in [-0.05, 0) is 6.92 Å². The van der Waals surface area contributed by atoms with Gasteiger partial charge in [-0.2, -0.15) is 0 Å². The summed E-state index contributed by atoms with van der Waals surface area (Å²) in [6.45, 7) is 3.20. The fourth-order valence-corrected chi connectivity index (χ4v) is 0.455. The van der Waals surface area contributed by atoms with Gasteiger partial charge in [0.15, 0.2) is 0 Å². The van der Waals surface area contributed by atoms with E-state index in [4.69, 9.17) is 25.2 Å². The minimum Gasteiger partial charge on any atom is -0.481 e. The Morgan fingerprint density at radius 3 is 1.39 bits per heavy atom. The molecule has 8 nitrogen and oxygen atoms in total. The third-order valence-electron chi connectivity index (χ3n) is 0.961. The van der Waals surface area contributed by atoms with E-state index in [1.54, 1.807) is 14.0 Å². The molecule has 0 radical (unpaired) electrons. The molecule has 0 aromatic heterocycles. The molecule has 0 aliphatic heterocycles. The van der Waals surface area contributed by atoms with Crippen LogP contribution in [0.15, 0.2) is 0 Å². The Balaban J connectivity index is -0.000000200. The maximum atomic E-state index is 9.64. The predicted molar refractivity (Wildman–Crippen MR) is 61.4 cm³/mol. The minimum absolute atomic E-state index is 0.296. The van der Waals surface area contributed by atoms with Crippen LogP contribution in [0.1, 0.15) is 26.7 Å². The SMILES string of the molecule is CC(=O)O.COCC(C)O.O=C(O)CCC(=O)O. The molecular weight excluding hydrogens is 248 g/mol. The zero-order valence-corrected chi connectivity index (χ0v) is 10.6. The molecule has 0 saturated heterocycles. The summed E-state index contributed by atoms with van der Waals surface area (Å²) in [7, 11) is 1.56. The van der Waals surface area contributed by atoms with Gasteiger partial charge in [-0.3, -0.25) is 14.4 Å². The molecule has 0 aromatic rings. The maximum Gasteiger partial charge on any atom is 0.303 e. The van der Waals surface area contributed by atoms with Crippen molar-refractivity contribution >= 4 is 17.9 Å². The van der Waals surface area contributed by atoms with Gasteiger partial charge in [0.1, 0.15) is 0 Å². The molecule has 0 bridgehead atoms. The fraction of sp³-hybridized carbons (Fsp3) is 0.700. The normalized spacial score (nSPS) is 10.0. The van der Waals surface area contributed by atoms with Gasteiger partial charge in [-0.25, -0.2) is 0 Å². The average molecular weight is 268 g/mol. The van der Waals surface area contributed by atoms with Crippen LogP contribution in [0.5, 0.6) is 0 Å². The van der Waals surface area contributed by atoms with Gasteiger partial charge in [0, 0.05) is 14.0 Å². The zero-order chi connectivity index (χ0) is 15.1. The van der Waals surface area contributed by atoms with E-state index >= 15 is 0 Å². The average Bonchev–Trinajstić information content (AvgIpc) is 2.14. The molecule has 0 aliphatic carbocycles. The van der Waals surface area contributed by atoms with E-state index in [9.17, 15) is 9.59 Å². The number of aliphatic hydroxyl groups excluding tert-OH is 1.